The van der Waals surface area contributed by atoms with Crippen LogP contribution in [0.1, 0.15) is 12.5 Å². The van der Waals surface area contributed by atoms with Crippen molar-refractivity contribution in [3.05, 3.63) is 72.3 Å². The Hall–Kier alpha value is -2.80. The van der Waals surface area contributed by atoms with Crippen LogP contribution < -0.4 is 0 Å². The number of rotatable bonds is 1. The van der Waals surface area contributed by atoms with Crippen molar-refractivity contribution in [3.8, 4) is 0 Å². The highest BCUT2D eigenvalue weighted by Gasteiger charge is 2.13. The van der Waals surface area contributed by atoms with Gasteiger partial charge in [0.1, 0.15) is 0 Å². The summed E-state index contributed by atoms with van der Waals surface area (Å²) in [4.78, 5) is 3.68. The van der Waals surface area contributed by atoms with Crippen LogP contribution in [0.5, 0.6) is 0 Å². The Morgan fingerprint density at radius 2 is 1.48 bits per heavy atom. The van der Waals surface area contributed by atoms with Crippen molar-refractivity contribution in [2.45, 2.75) is 13.3 Å². The number of aromatic amines is 1. The maximum absolute atomic E-state index is 3.68. The molecule has 0 radical (unpaired) electrons. The summed E-state index contributed by atoms with van der Waals surface area (Å²) in [7, 11) is 0. The molecule has 5 rings (SSSR count). The SMILES string of the molecule is CCc1c2ccccc2cc2c1[nH]c1ccc3ccccc3c12. The second kappa shape index (κ2) is 4.60. The molecule has 0 bridgehead atoms. The van der Waals surface area contributed by atoms with Gasteiger partial charge in [-0.1, -0.05) is 61.5 Å². The van der Waals surface area contributed by atoms with Crippen LogP contribution in [-0.2, 0) is 6.42 Å². The van der Waals surface area contributed by atoms with Crippen molar-refractivity contribution >= 4 is 43.4 Å². The molecule has 0 spiro atoms. The molecule has 1 heterocycles. The molecule has 0 aliphatic rings. The number of aromatic nitrogens is 1. The Morgan fingerprint density at radius 3 is 2.30 bits per heavy atom. The highest BCUT2D eigenvalue weighted by atomic mass is 14.7. The normalized spacial score (nSPS) is 11.9. The van der Waals surface area contributed by atoms with Gasteiger partial charge in [0.25, 0.3) is 0 Å². The lowest BCUT2D eigenvalue weighted by molar-refractivity contribution is 1.17. The fraction of sp³-hybridized carbons (Fsp3) is 0.0909. The fourth-order valence-corrected chi connectivity index (χ4v) is 3.93. The topological polar surface area (TPSA) is 15.8 Å². The molecule has 1 aromatic heterocycles. The summed E-state index contributed by atoms with van der Waals surface area (Å²) in [6.45, 7) is 2.24. The van der Waals surface area contributed by atoms with Gasteiger partial charge in [0.2, 0.25) is 0 Å². The van der Waals surface area contributed by atoms with Crippen LogP contribution >= 0.6 is 0 Å². The van der Waals surface area contributed by atoms with Crippen LogP contribution in [0.2, 0.25) is 0 Å². The minimum atomic E-state index is 1.03. The molecule has 0 atom stereocenters. The summed E-state index contributed by atoms with van der Waals surface area (Å²) in [5.74, 6) is 0. The first kappa shape index (κ1) is 12.7. The monoisotopic (exact) mass is 295 g/mol. The van der Waals surface area contributed by atoms with Gasteiger partial charge in [0.05, 0.1) is 5.52 Å². The number of fused-ring (bicyclic) bond motifs is 6. The molecule has 5 aromatic rings. The largest absolute Gasteiger partial charge is 0.354 e. The lowest BCUT2D eigenvalue weighted by Gasteiger charge is -2.07. The molecule has 1 nitrogen and oxygen atoms in total. The molecule has 0 saturated heterocycles. The van der Waals surface area contributed by atoms with E-state index in [0.29, 0.717) is 0 Å². The third-order valence-electron chi connectivity index (χ3n) is 4.97. The number of aryl methyl sites for hydroxylation is 1. The maximum Gasteiger partial charge on any atom is 0.0503 e. The summed E-state index contributed by atoms with van der Waals surface area (Å²) < 4.78 is 0. The molecule has 23 heavy (non-hydrogen) atoms. The van der Waals surface area contributed by atoms with Crippen molar-refractivity contribution < 1.29 is 0 Å². The van der Waals surface area contributed by atoms with Crippen molar-refractivity contribution in [1.29, 1.82) is 0 Å². The molecule has 0 saturated carbocycles. The van der Waals surface area contributed by atoms with Gasteiger partial charge in [-0.2, -0.15) is 0 Å². The maximum atomic E-state index is 3.68. The molecule has 0 unspecified atom stereocenters. The Morgan fingerprint density at radius 1 is 0.739 bits per heavy atom. The molecule has 0 amide bonds. The van der Waals surface area contributed by atoms with Crippen molar-refractivity contribution in [1.82, 2.24) is 4.98 Å². The van der Waals surface area contributed by atoms with Crippen LogP contribution in [0, 0.1) is 0 Å². The second-order valence-corrected chi connectivity index (χ2v) is 6.19. The third kappa shape index (κ3) is 1.68. The van der Waals surface area contributed by atoms with Crippen molar-refractivity contribution in [3.63, 3.8) is 0 Å². The first-order valence-electron chi connectivity index (χ1n) is 8.20. The van der Waals surface area contributed by atoms with E-state index in [9.17, 15) is 0 Å². The molecule has 0 fully saturated rings. The average Bonchev–Trinajstić information content (AvgIpc) is 2.98. The molecular formula is C22H17N. The van der Waals surface area contributed by atoms with E-state index in [4.69, 9.17) is 0 Å². The quantitative estimate of drug-likeness (QED) is 0.379. The van der Waals surface area contributed by atoms with E-state index in [1.807, 2.05) is 0 Å². The van der Waals surface area contributed by atoms with Gasteiger partial charge in [-0.25, -0.2) is 0 Å². The average molecular weight is 295 g/mol. The molecular weight excluding hydrogens is 278 g/mol. The van der Waals surface area contributed by atoms with Crippen LogP contribution in [0.4, 0.5) is 0 Å². The van der Waals surface area contributed by atoms with Crippen LogP contribution in [0.25, 0.3) is 43.4 Å². The summed E-state index contributed by atoms with van der Waals surface area (Å²) in [6.07, 6.45) is 1.03. The van der Waals surface area contributed by atoms with E-state index in [0.717, 1.165) is 6.42 Å². The lowest BCUT2D eigenvalue weighted by atomic mass is 9.97. The van der Waals surface area contributed by atoms with Gasteiger partial charge in [-0.15, -0.1) is 0 Å². The van der Waals surface area contributed by atoms with Gasteiger partial charge in [-0.3, -0.25) is 0 Å². The molecule has 110 valence electrons. The van der Waals surface area contributed by atoms with E-state index in [-0.39, 0.29) is 0 Å². The molecule has 0 aliphatic carbocycles. The zero-order chi connectivity index (χ0) is 15.4. The molecule has 1 heteroatoms. The zero-order valence-electron chi connectivity index (χ0n) is 13.1. The van der Waals surface area contributed by atoms with E-state index in [1.54, 1.807) is 0 Å². The van der Waals surface area contributed by atoms with Crippen LogP contribution in [-0.4, -0.2) is 4.98 Å². The number of nitrogens with one attached hydrogen (secondary N) is 1. The van der Waals surface area contributed by atoms with Crippen LogP contribution in [0.3, 0.4) is 0 Å². The Kier molecular flexibility index (Phi) is 2.54. The molecule has 0 aliphatic heterocycles. The number of benzene rings is 4. The highest BCUT2D eigenvalue weighted by Crippen LogP contribution is 2.37. The standard InChI is InChI=1S/C22H17N/c1-2-16-17-9-5-4-8-15(17)13-19-21-18-10-6-3-7-14(18)11-12-20(21)23-22(16)19/h3-13,23H,2H2,1H3. The Bertz CT molecular complexity index is 1190. The van der Waals surface area contributed by atoms with E-state index >= 15 is 0 Å². The third-order valence-corrected chi connectivity index (χ3v) is 4.97. The fourth-order valence-electron chi connectivity index (χ4n) is 3.93. The minimum Gasteiger partial charge on any atom is -0.354 e. The summed E-state index contributed by atoms with van der Waals surface area (Å²) in [6, 6.07) is 24.1. The minimum absolute atomic E-state index is 1.03. The van der Waals surface area contributed by atoms with Gasteiger partial charge >= 0.3 is 0 Å². The summed E-state index contributed by atoms with van der Waals surface area (Å²) in [5, 5.41) is 8.00. The summed E-state index contributed by atoms with van der Waals surface area (Å²) in [5.41, 5.74) is 3.93. The number of hydrogen-bond donors (Lipinski definition) is 1. The number of H-pyrrole nitrogens is 1. The first-order valence-corrected chi connectivity index (χ1v) is 8.20. The number of hydrogen-bond acceptors (Lipinski definition) is 0. The van der Waals surface area contributed by atoms with Gasteiger partial charge in [0.15, 0.2) is 0 Å². The second-order valence-electron chi connectivity index (χ2n) is 6.19. The Balaban J connectivity index is 2.10. The predicted octanol–water partition coefficient (Wildman–Crippen LogP) is 6.19. The van der Waals surface area contributed by atoms with Crippen molar-refractivity contribution in [2.24, 2.45) is 0 Å². The van der Waals surface area contributed by atoms with Crippen LogP contribution in [0.15, 0.2) is 66.7 Å². The molecule has 4 aromatic carbocycles. The zero-order valence-corrected chi connectivity index (χ0v) is 13.1. The van der Waals surface area contributed by atoms with Gasteiger partial charge in [-0.05, 0) is 45.7 Å². The van der Waals surface area contributed by atoms with Crippen molar-refractivity contribution in [2.75, 3.05) is 0 Å². The van der Waals surface area contributed by atoms with E-state index in [2.05, 4.69) is 78.6 Å². The summed E-state index contributed by atoms with van der Waals surface area (Å²) >= 11 is 0. The highest BCUT2D eigenvalue weighted by molar-refractivity contribution is 6.23. The predicted molar refractivity (Wildman–Crippen MR) is 100 cm³/mol. The van der Waals surface area contributed by atoms with Gasteiger partial charge in [0, 0.05) is 16.3 Å². The molecule has 1 N–H and O–H groups in total. The van der Waals surface area contributed by atoms with E-state index in [1.165, 1.54) is 48.9 Å². The Labute approximate surface area is 134 Å². The van der Waals surface area contributed by atoms with Gasteiger partial charge < -0.3 is 4.98 Å². The smallest absolute Gasteiger partial charge is 0.0503 e. The van der Waals surface area contributed by atoms with E-state index < -0.39 is 0 Å². The lowest BCUT2D eigenvalue weighted by Crippen LogP contribution is -1.86. The first-order chi connectivity index (χ1) is 11.4.